The minimum atomic E-state index is 0.390. The molecule has 3 N–H and O–H groups in total. The topological polar surface area (TPSA) is 50.4 Å². The van der Waals surface area contributed by atoms with Crippen LogP contribution in [0.3, 0.4) is 0 Å². The Balaban J connectivity index is 2.13. The van der Waals surface area contributed by atoms with E-state index in [1.165, 1.54) is 9.79 Å². The third-order valence-electron chi connectivity index (χ3n) is 2.65. The highest BCUT2D eigenvalue weighted by molar-refractivity contribution is 7.98. The molecule has 0 aliphatic rings. The molecule has 0 atom stereocenters. The molecule has 2 aromatic carbocycles. The fraction of sp³-hybridized carbons (Fsp3) is 0.133. The average Bonchev–Trinajstić information content (AvgIpc) is 2.47. The van der Waals surface area contributed by atoms with Crippen LogP contribution in [0.15, 0.2) is 63.3 Å². The van der Waals surface area contributed by atoms with Crippen LogP contribution in [0.5, 0.6) is 0 Å². The summed E-state index contributed by atoms with van der Waals surface area (Å²) in [5.74, 6) is 0.390. The molecule has 0 unspecified atom stereocenters. The van der Waals surface area contributed by atoms with E-state index in [1.54, 1.807) is 23.5 Å². The number of hydrogen-bond donors (Lipinski definition) is 2. The molecule has 2 rings (SSSR count). The van der Waals surface area contributed by atoms with Gasteiger partial charge in [-0.2, -0.15) is 0 Å². The highest BCUT2D eigenvalue weighted by Gasteiger charge is 1.98. The van der Waals surface area contributed by atoms with E-state index in [4.69, 9.17) is 5.73 Å². The molecular formula is C15H17N3S2. The standard InChI is InChI=1S/C15H17N3S2/c1-19-13-7-3-5-11(9-13)17-15(16)18-12-6-4-8-14(10-12)20-2/h3-10H,1-2H3,(H3,16,17,18). The Morgan fingerprint density at radius 2 is 1.65 bits per heavy atom. The molecule has 0 saturated heterocycles. The number of nitrogens with two attached hydrogens (primary N) is 1. The van der Waals surface area contributed by atoms with Crippen LogP contribution in [0.4, 0.5) is 11.4 Å². The summed E-state index contributed by atoms with van der Waals surface area (Å²) in [6, 6.07) is 16.1. The molecule has 0 radical (unpaired) electrons. The Bertz CT molecular complexity index is 612. The number of hydrogen-bond acceptors (Lipinski definition) is 3. The molecule has 0 heterocycles. The minimum Gasteiger partial charge on any atom is -0.369 e. The van der Waals surface area contributed by atoms with E-state index in [0.717, 1.165) is 11.4 Å². The van der Waals surface area contributed by atoms with Crippen molar-refractivity contribution >= 4 is 40.9 Å². The fourth-order valence-corrected chi connectivity index (χ4v) is 2.61. The van der Waals surface area contributed by atoms with Gasteiger partial charge in [-0.1, -0.05) is 12.1 Å². The van der Waals surface area contributed by atoms with Crippen molar-refractivity contribution in [2.45, 2.75) is 9.79 Å². The number of nitrogens with zero attached hydrogens (tertiary/aromatic N) is 1. The third-order valence-corrected chi connectivity index (χ3v) is 4.10. The molecule has 0 spiro atoms. The van der Waals surface area contributed by atoms with Gasteiger partial charge in [-0.15, -0.1) is 23.5 Å². The van der Waals surface area contributed by atoms with Gasteiger partial charge in [0, 0.05) is 15.5 Å². The first kappa shape index (κ1) is 14.8. The second-order valence-corrected chi connectivity index (χ2v) is 5.81. The molecule has 0 aliphatic heterocycles. The summed E-state index contributed by atoms with van der Waals surface area (Å²) in [6.45, 7) is 0. The van der Waals surface area contributed by atoms with Gasteiger partial charge in [-0.25, -0.2) is 4.99 Å². The van der Waals surface area contributed by atoms with Gasteiger partial charge < -0.3 is 11.1 Å². The van der Waals surface area contributed by atoms with Crippen LogP contribution in [0.1, 0.15) is 0 Å². The van der Waals surface area contributed by atoms with Crippen molar-refractivity contribution in [2.24, 2.45) is 10.7 Å². The minimum absolute atomic E-state index is 0.390. The van der Waals surface area contributed by atoms with Crippen LogP contribution in [0.2, 0.25) is 0 Å². The molecule has 0 aromatic heterocycles. The largest absolute Gasteiger partial charge is 0.369 e. The Labute approximate surface area is 128 Å². The molecule has 0 bridgehead atoms. The molecule has 5 heteroatoms. The first-order valence-corrected chi connectivity index (χ1v) is 8.55. The van der Waals surface area contributed by atoms with E-state index < -0.39 is 0 Å². The quantitative estimate of drug-likeness (QED) is 0.505. The first-order valence-electron chi connectivity index (χ1n) is 6.10. The maximum absolute atomic E-state index is 5.95. The van der Waals surface area contributed by atoms with Gasteiger partial charge >= 0.3 is 0 Å². The Kier molecular flexibility index (Phi) is 5.38. The molecule has 0 amide bonds. The Hall–Kier alpha value is -1.59. The summed E-state index contributed by atoms with van der Waals surface area (Å²) >= 11 is 3.38. The number of aliphatic imine (C=N–C) groups is 1. The van der Waals surface area contributed by atoms with E-state index in [9.17, 15) is 0 Å². The number of benzene rings is 2. The number of nitrogens with one attached hydrogen (secondary N) is 1. The van der Waals surface area contributed by atoms with Gasteiger partial charge in [0.15, 0.2) is 5.96 Å². The van der Waals surface area contributed by atoms with Crippen LogP contribution >= 0.6 is 23.5 Å². The van der Waals surface area contributed by atoms with Gasteiger partial charge in [0.2, 0.25) is 0 Å². The van der Waals surface area contributed by atoms with Crippen molar-refractivity contribution in [3.8, 4) is 0 Å². The SMILES string of the molecule is CSc1cccc(N=C(N)Nc2cccc(SC)c2)c1. The van der Waals surface area contributed by atoms with Crippen molar-refractivity contribution < 1.29 is 0 Å². The maximum atomic E-state index is 5.95. The van der Waals surface area contributed by atoms with Crippen LogP contribution in [-0.4, -0.2) is 18.5 Å². The molecule has 0 fully saturated rings. The van der Waals surface area contributed by atoms with E-state index in [1.807, 2.05) is 48.9 Å². The first-order chi connectivity index (χ1) is 9.71. The van der Waals surface area contributed by atoms with Gasteiger partial charge in [0.1, 0.15) is 0 Å². The molecule has 2 aromatic rings. The van der Waals surface area contributed by atoms with Crippen LogP contribution < -0.4 is 11.1 Å². The van der Waals surface area contributed by atoms with Gasteiger partial charge in [-0.05, 0) is 48.9 Å². The molecule has 0 saturated carbocycles. The molecule has 104 valence electrons. The van der Waals surface area contributed by atoms with Crippen molar-refractivity contribution in [1.29, 1.82) is 0 Å². The summed E-state index contributed by atoms with van der Waals surface area (Å²) in [5.41, 5.74) is 7.74. The number of anilines is 1. The van der Waals surface area contributed by atoms with Crippen molar-refractivity contribution in [2.75, 3.05) is 17.8 Å². The predicted molar refractivity (Wildman–Crippen MR) is 91.4 cm³/mol. The van der Waals surface area contributed by atoms with E-state index in [2.05, 4.69) is 22.4 Å². The predicted octanol–water partition coefficient (Wildman–Crippen LogP) is 4.19. The summed E-state index contributed by atoms with van der Waals surface area (Å²) in [4.78, 5) is 6.74. The average molecular weight is 303 g/mol. The molecular weight excluding hydrogens is 286 g/mol. The zero-order valence-electron chi connectivity index (χ0n) is 11.5. The van der Waals surface area contributed by atoms with Crippen molar-refractivity contribution in [1.82, 2.24) is 0 Å². The maximum Gasteiger partial charge on any atom is 0.198 e. The number of guanidine groups is 1. The lowest BCUT2D eigenvalue weighted by molar-refractivity contribution is 1.38. The van der Waals surface area contributed by atoms with Gasteiger partial charge in [0.05, 0.1) is 5.69 Å². The zero-order valence-corrected chi connectivity index (χ0v) is 13.1. The highest BCUT2D eigenvalue weighted by Crippen LogP contribution is 2.22. The normalized spacial score (nSPS) is 11.4. The fourth-order valence-electron chi connectivity index (χ4n) is 1.70. The molecule has 3 nitrogen and oxygen atoms in total. The number of thioether (sulfide) groups is 2. The van der Waals surface area contributed by atoms with E-state index in [0.29, 0.717) is 5.96 Å². The lowest BCUT2D eigenvalue weighted by Gasteiger charge is -2.07. The Morgan fingerprint density at radius 3 is 2.35 bits per heavy atom. The van der Waals surface area contributed by atoms with Crippen molar-refractivity contribution in [3.05, 3.63) is 48.5 Å². The number of rotatable bonds is 4. The smallest absolute Gasteiger partial charge is 0.198 e. The zero-order chi connectivity index (χ0) is 14.4. The third kappa shape index (κ3) is 4.21. The highest BCUT2D eigenvalue weighted by atomic mass is 32.2. The van der Waals surface area contributed by atoms with Crippen LogP contribution in [0, 0.1) is 0 Å². The van der Waals surface area contributed by atoms with Crippen molar-refractivity contribution in [3.63, 3.8) is 0 Å². The molecule has 20 heavy (non-hydrogen) atoms. The Morgan fingerprint density at radius 1 is 1.00 bits per heavy atom. The summed E-state index contributed by atoms with van der Waals surface area (Å²) in [7, 11) is 0. The summed E-state index contributed by atoms with van der Waals surface area (Å²) in [6.07, 6.45) is 4.09. The monoisotopic (exact) mass is 303 g/mol. The second-order valence-electron chi connectivity index (χ2n) is 4.06. The van der Waals surface area contributed by atoms with Gasteiger partial charge in [-0.3, -0.25) is 0 Å². The van der Waals surface area contributed by atoms with Crippen LogP contribution in [0.25, 0.3) is 0 Å². The summed E-state index contributed by atoms with van der Waals surface area (Å²) in [5, 5.41) is 3.11. The second kappa shape index (κ2) is 7.26. The van der Waals surface area contributed by atoms with E-state index >= 15 is 0 Å². The van der Waals surface area contributed by atoms with E-state index in [-0.39, 0.29) is 0 Å². The lowest BCUT2D eigenvalue weighted by Crippen LogP contribution is -2.21. The molecule has 0 aliphatic carbocycles. The summed E-state index contributed by atoms with van der Waals surface area (Å²) < 4.78 is 0. The van der Waals surface area contributed by atoms with Gasteiger partial charge in [0.25, 0.3) is 0 Å². The van der Waals surface area contributed by atoms with Crippen LogP contribution in [-0.2, 0) is 0 Å². The lowest BCUT2D eigenvalue weighted by atomic mass is 10.3.